The number of nitrogens with two attached hydrogens (primary N) is 2. The van der Waals surface area contributed by atoms with Gasteiger partial charge in [0.2, 0.25) is 0 Å². The number of halogens is 3. The summed E-state index contributed by atoms with van der Waals surface area (Å²) in [6, 6.07) is 15.0. The summed E-state index contributed by atoms with van der Waals surface area (Å²) in [5, 5.41) is 32.4. The summed E-state index contributed by atoms with van der Waals surface area (Å²) >= 11 is 18.3. The van der Waals surface area contributed by atoms with Crippen molar-refractivity contribution in [3.63, 3.8) is 0 Å². The molecule has 346 valence electrons. The maximum Gasteiger partial charge on any atom is 0.413 e. The third kappa shape index (κ3) is 12.3. The van der Waals surface area contributed by atoms with Gasteiger partial charge in [-0.3, -0.25) is 9.80 Å². The number of benzene rings is 3. The number of hydrogen-bond acceptors (Lipinski definition) is 15. The van der Waals surface area contributed by atoms with E-state index in [1.807, 2.05) is 87.4 Å². The smallest absolute Gasteiger partial charge is 0.413 e. The first kappa shape index (κ1) is 49.9. The van der Waals surface area contributed by atoms with Crippen LogP contribution in [0.3, 0.4) is 0 Å². The molecule has 5 aromatic rings. The summed E-state index contributed by atoms with van der Waals surface area (Å²) < 4.78 is 25.6. The van der Waals surface area contributed by atoms with E-state index < -0.39 is 40.9 Å². The van der Waals surface area contributed by atoms with Crippen molar-refractivity contribution in [3.8, 4) is 11.4 Å². The molecular weight excluding hydrogens is 891 g/mol. The van der Waals surface area contributed by atoms with E-state index in [0.29, 0.717) is 45.3 Å². The molecule has 2 amide bonds. The lowest BCUT2D eigenvalue weighted by Gasteiger charge is -2.35. The summed E-state index contributed by atoms with van der Waals surface area (Å²) in [6.45, 7) is 19.0. The minimum Gasteiger partial charge on any atom is -0.444 e. The molecule has 2 aliphatic heterocycles. The van der Waals surface area contributed by atoms with Crippen LogP contribution in [-0.2, 0) is 18.9 Å². The number of hydrogen-bond donors (Lipinski definition) is 3. The van der Waals surface area contributed by atoms with E-state index in [-0.39, 0.29) is 18.7 Å². The van der Waals surface area contributed by atoms with Gasteiger partial charge in [-0.15, -0.1) is 10.2 Å². The second-order valence-electron chi connectivity index (χ2n) is 17.7. The average Bonchev–Trinajstić information content (AvgIpc) is 4.03. The minimum atomic E-state index is -0.790. The van der Waals surface area contributed by atoms with Gasteiger partial charge < -0.3 is 35.5 Å². The average molecular weight is 946 g/mol. The quantitative estimate of drug-likeness (QED) is 0.139. The van der Waals surface area contributed by atoms with Crippen LogP contribution >= 0.6 is 34.8 Å². The third-order valence-corrected chi connectivity index (χ3v) is 10.7. The fraction of sp³-hybridized carbons (Fsp3) is 0.476. The van der Waals surface area contributed by atoms with Gasteiger partial charge in [-0.2, -0.15) is 9.36 Å². The lowest BCUT2D eigenvalue weighted by molar-refractivity contribution is -0.0637. The van der Waals surface area contributed by atoms with Crippen LogP contribution < -0.4 is 11.5 Å². The number of amides is 2. The molecule has 22 heteroatoms. The molecule has 7 rings (SSSR count). The van der Waals surface area contributed by atoms with Crippen molar-refractivity contribution in [3.05, 3.63) is 99.0 Å². The van der Waals surface area contributed by atoms with E-state index in [0.717, 1.165) is 16.7 Å². The van der Waals surface area contributed by atoms with Crippen molar-refractivity contribution in [1.29, 1.82) is 0 Å². The molecule has 2 aromatic heterocycles. The highest BCUT2D eigenvalue weighted by molar-refractivity contribution is 6.33. The molecule has 0 bridgehead atoms. The maximum absolute atomic E-state index is 12.8. The number of carbonyl (C=O) groups is 2. The number of tetrazole rings is 2. The largest absolute Gasteiger partial charge is 0.444 e. The van der Waals surface area contributed by atoms with Crippen LogP contribution in [0.5, 0.6) is 0 Å². The predicted octanol–water partition coefficient (Wildman–Crippen LogP) is 7.63. The van der Waals surface area contributed by atoms with Gasteiger partial charge in [-0.1, -0.05) is 53.0 Å². The number of carbonyl (C=O) groups excluding carboxylic acids is 2. The van der Waals surface area contributed by atoms with Crippen molar-refractivity contribution in [1.82, 2.24) is 50.2 Å². The SMILES string of the molecule is CC(C)(C)OC(=O)N1[C@@H](c2ccc(Cl)c(-n3cnnn3)c2)COC1(C)C.CC(C)(C)OC(=O)N1[C@@H](c2ccc(Cl)c(N)c2)COC1(C)C.N[C@H](CO)c1ccc(Cl)c(-n2cnnn2)c1. The van der Waals surface area contributed by atoms with Gasteiger partial charge in [-0.25, -0.2) is 9.59 Å². The Bertz CT molecular complexity index is 2370. The van der Waals surface area contributed by atoms with Crippen molar-refractivity contribution in [2.75, 3.05) is 25.6 Å². The van der Waals surface area contributed by atoms with Crippen LogP contribution in [0, 0.1) is 0 Å². The highest BCUT2D eigenvalue weighted by Gasteiger charge is 2.47. The van der Waals surface area contributed by atoms with Gasteiger partial charge in [-0.05, 0) is 143 Å². The summed E-state index contributed by atoms with van der Waals surface area (Å²) in [6.07, 6.45) is 2.07. The van der Waals surface area contributed by atoms with E-state index in [1.165, 1.54) is 22.0 Å². The Balaban J connectivity index is 0.000000186. The molecule has 3 atom stereocenters. The lowest BCUT2D eigenvalue weighted by Crippen LogP contribution is -2.47. The van der Waals surface area contributed by atoms with Crippen LogP contribution in [0.4, 0.5) is 15.3 Å². The van der Waals surface area contributed by atoms with Crippen molar-refractivity contribution in [2.45, 2.75) is 110 Å². The van der Waals surface area contributed by atoms with Gasteiger partial charge in [0.05, 0.1) is 70.1 Å². The Morgan fingerprint density at radius 1 is 0.734 bits per heavy atom. The molecule has 0 saturated carbocycles. The first-order chi connectivity index (χ1) is 29.8. The zero-order chi connectivity index (χ0) is 47.4. The van der Waals surface area contributed by atoms with Gasteiger partial charge >= 0.3 is 12.2 Å². The van der Waals surface area contributed by atoms with Gasteiger partial charge in [0.1, 0.15) is 35.3 Å². The number of aromatic nitrogens is 8. The maximum atomic E-state index is 12.8. The molecule has 2 fully saturated rings. The zero-order valence-electron chi connectivity index (χ0n) is 37.4. The molecular formula is C42H55Cl3N12O7. The van der Waals surface area contributed by atoms with E-state index >= 15 is 0 Å². The number of rotatable bonds is 6. The molecule has 0 unspecified atom stereocenters. The molecule has 0 spiro atoms. The van der Waals surface area contributed by atoms with Crippen molar-refractivity contribution >= 4 is 52.7 Å². The minimum absolute atomic E-state index is 0.128. The number of ether oxygens (including phenoxy) is 4. The first-order valence-electron chi connectivity index (χ1n) is 20.1. The summed E-state index contributed by atoms with van der Waals surface area (Å²) in [5.74, 6) is 0. The summed E-state index contributed by atoms with van der Waals surface area (Å²) in [4.78, 5) is 28.6. The summed E-state index contributed by atoms with van der Waals surface area (Å²) in [5.41, 5.74) is 13.1. The standard InChI is InChI=1S/C17H22ClN5O3.C16H23ClN2O3.C9H10ClN5O/c1-16(2,3)26-15(24)23-14(9-25-17(23,4)5)11-6-7-12(18)13(8-11)22-10-19-20-21-22;1-15(2,3)22-14(20)19-13(9-21-16(19,4)5)10-6-7-11(17)12(18)8-10;10-7-2-1-6(8(11)4-16)3-9(7)15-5-12-13-14-15/h6-8,10,14H,9H2,1-5H3;6-8,13H,9,18H2,1-5H3;1-3,5,8,16H,4,11H2/t14-;13-;8-/m111/s1. The number of nitrogens with zero attached hydrogens (tertiary/aromatic N) is 10. The Labute approximate surface area is 386 Å². The van der Waals surface area contributed by atoms with Crippen LogP contribution in [0.1, 0.15) is 104 Å². The highest BCUT2D eigenvalue weighted by Crippen LogP contribution is 2.41. The van der Waals surface area contributed by atoms with Crippen LogP contribution in [0.25, 0.3) is 11.4 Å². The number of anilines is 1. The number of aliphatic hydroxyl groups excluding tert-OH is 1. The molecule has 0 aliphatic carbocycles. The molecule has 0 radical (unpaired) electrons. The predicted molar refractivity (Wildman–Crippen MR) is 240 cm³/mol. The lowest BCUT2D eigenvalue weighted by atomic mass is 10.0. The van der Waals surface area contributed by atoms with Crippen molar-refractivity contribution in [2.24, 2.45) is 5.73 Å². The van der Waals surface area contributed by atoms with E-state index in [4.69, 9.17) is 70.3 Å². The second-order valence-corrected chi connectivity index (χ2v) is 19.0. The molecule has 2 saturated heterocycles. The molecule has 19 nitrogen and oxygen atoms in total. The van der Waals surface area contributed by atoms with Crippen LogP contribution in [-0.4, -0.2) is 110 Å². The van der Waals surface area contributed by atoms with Gasteiger partial charge in [0.25, 0.3) is 0 Å². The number of nitrogen functional groups attached to an aromatic ring is 1. The Kier molecular flexibility index (Phi) is 15.5. The van der Waals surface area contributed by atoms with Gasteiger partial charge in [0.15, 0.2) is 0 Å². The summed E-state index contributed by atoms with van der Waals surface area (Å²) in [7, 11) is 0. The molecule has 64 heavy (non-hydrogen) atoms. The topological polar surface area (TPSA) is 237 Å². The monoisotopic (exact) mass is 944 g/mol. The zero-order valence-corrected chi connectivity index (χ0v) is 39.6. The van der Waals surface area contributed by atoms with E-state index in [1.54, 1.807) is 46.2 Å². The Hall–Kier alpha value is -5.15. The second kappa shape index (κ2) is 19.9. The molecule has 3 aromatic carbocycles. The molecule has 5 N–H and O–H groups in total. The fourth-order valence-corrected chi connectivity index (χ4v) is 7.20. The van der Waals surface area contributed by atoms with E-state index in [2.05, 4.69) is 31.1 Å². The van der Waals surface area contributed by atoms with Crippen LogP contribution in [0.15, 0.2) is 67.3 Å². The molecule has 4 heterocycles. The van der Waals surface area contributed by atoms with Gasteiger partial charge in [0, 0.05) is 0 Å². The number of aliphatic hydroxyl groups is 1. The third-order valence-electron chi connectivity index (χ3n) is 9.70. The Morgan fingerprint density at radius 2 is 1.16 bits per heavy atom. The Morgan fingerprint density at radius 3 is 1.56 bits per heavy atom. The first-order valence-corrected chi connectivity index (χ1v) is 21.2. The van der Waals surface area contributed by atoms with E-state index in [9.17, 15) is 9.59 Å². The fourth-order valence-electron chi connectivity index (χ4n) is 6.68. The molecule has 2 aliphatic rings. The van der Waals surface area contributed by atoms with Crippen molar-refractivity contribution < 1.29 is 33.6 Å². The van der Waals surface area contributed by atoms with Crippen LogP contribution in [0.2, 0.25) is 15.1 Å². The highest BCUT2D eigenvalue weighted by atomic mass is 35.5. The normalized spacial score (nSPS) is 18.4.